The predicted molar refractivity (Wildman–Crippen MR) is 59.4 cm³/mol. The van der Waals surface area contributed by atoms with Crippen molar-refractivity contribution >= 4 is 27.5 Å². The Balaban J connectivity index is 1.95. The zero-order chi connectivity index (χ0) is 12.5. The first-order chi connectivity index (χ1) is 7.95. The summed E-state index contributed by atoms with van der Waals surface area (Å²) in [4.78, 5) is 3.39. The van der Waals surface area contributed by atoms with Crippen LogP contribution in [0.2, 0.25) is 0 Å². The van der Waals surface area contributed by atoms with Crippen LogP contribution >= 0.6 is 11.5 Å². The van der Waals surface area contributed by atoms with E-state index >= 15 is 0 Å². The summed E-state index contributed by atoms with van der Waals surface area (Å²) in [6.07, 6.45) is -3.12. The lowest BCUT2D eigenvalue weighted by Gasteiger charge is -2.21. The minimum Gasteiger partial charge on any atom is -0.357 e. The van der Waals surface area contributed by atoms with Crippen molar-refractivity contribution in [2.75, 3.05) is 16.8 Å². The molecule has 0 saturated carbocycles. The molecule has 0 aromatic carbocycles. The van der Waals surface area contributed by atoms with Gasteiger partial charge in [0.25, 0.3) is 0 Å². The number of nitrogens with zero attached hydrogens (tertiary/aromatic N) is 2. The Morgan fingerprint density at radius 1 is 1.35 bits per heavy atom. The Labute approximate surface area is 102 Å². The van der Waals surface area contributed by atoms with E-state index in [9.17, 15) is 17.4 Å². The molecule has 1 aromatic heterocycles. The monoisotopic (exact) mass is 285 g/mol. The summed E-state index contributed by atoms with van der Waals surface area (Å²) in [5, 5.41) is 3.08. The summed E-state index contributed by atoms with van der Waals surface area (Å²) >= 11 is 0.703. The summed E-state index contributed by atoms with van der Waals surface area (Å²) in [7, 11) is -0.780. The van der Waals surface area contributed by atoms with Crippen LogP contribution in [0.15, 0.2) is 0 Å². The quantitative estimate of drug-likeness (QED) is 0.901. The van der Waals surface area contributed by atoms with Crippen molar-refractivity contribution in [1.82, 2.24) is 9.36 Å². The molecule has 9 heteroatoms. The van der Waals surface area contributed by atoms with E-state index in [1.807, 2.05) is 0 Å². The van der Waals surface area contributed by atoms with Crippen LogP contribution in [-0.4, -0.2) is 31.1 Å². The van der Waals surface area contributed by atoms with Gasteiger partial charge in [0.05, 0.1) is 0 Å². The minimum atomic E-state index is -4.50. The van der Waals surface area contributed by atoms with Crippen molar-refractivity contribution in [3.63, 3.8) is 0 Å². The molecule has 1 N–H and O–H groups in total. The maximum absolute atomic E-state index is 12.2. The highest BCUT2D eigenvalue weighted by molar-refractivity contribution is 7.85. The van der Waals surface area contributed by atoms with E-state index in [0.717, 1.165) is 0 Å². The zero-order valence-electron chi connectivity index (χ0n) is 8.66. The van der Waals surface area contributed by atoms with Gasteiger partial charge in [-0.15, -0.1) is 0 Å². The van der Waals surface area contributed by atoms with Crippen LogP contribution in [0, 0.1) is 0 Å². The SMILES string of the molecule is O=S1CCC(Nc2nc(C(F)(F)F)ns2)CC1. The van der Waals surface area contributed by atoms with Crippen LogP contribution in [0.3, 0.4) is 0 Å². The molecule has 1 fully saturated rings. The van der Waals surface area contributed by atoms with Gasteiger partial charge in [-0.3, -0.25) is 4.21 Å². The molecule has 1 saturated heterocycles. The van der Waals surface area contributed by atoms with Gasteiger partial charge in [-0.25, -0.2) is 0 Å². The van der Waals surface area contributed by atoms with Gasteiger partial charge >= 0.3 is 6.18 Å². The summed E-state index contributed by atoms with van der Waals surface area (Å²) in [6.45, 7) is 0. The van der Waals surface area contributed by atoms with Crippen molar-refractivity contribution in [1.29, 1.82) is 0 Å². The van der Waals surface area contributed by atoms with E-state index in [0.29, 0.717) is 35.9 Å². The van der Waals surface area contributed by atoms with E-state index in [1.54, 1.807) is 0 Å². The fourth-order valence-electron chi connectivity index (χ4n) is 1.51. The van der Waals surface area contributed by atoms with Crippen LogP contribution in [0.5, 0.6) is 0 Å². The number of aromatic nitrogens is 2. The molecule has 0 unspecified atom stereocenters. The summed E-state index contributed by atoms with van der Waals surface area (Å²) in [5.74, 6) is 0.0648. The largest absolute Gasteiger partial charge is 0.452 e. The first kappa shape index (κ1) is 12.7. The number of hydrogen-bond donors (Lipinski definition) is 1. The Bertz CT molecular complexity index is 410. The van der Waals surface area contributed by atoms with E-state index < -0.39 is 22.8 Å². The third-order valence-corrected chi connectivity index (χ3v) is 4.42. The number of alkyl halides is 3. The first-order valence-electron chi connectivity index (χ1n) is 4.97. The van der Waals surface area contributed by atoms with Crippen LogP contribution in [0.25, 0.3) is 0 Å². The van der Waals surface area contributed by atoms with Crippen LogP contribution < -0.4 is 5.32 Å². The van der Waals surface area contributed by atoms with E-state index in [2.05, 4.69) is 14.7 Å². The van der Waals surface area contributed by atoms with Crippen LogP contribution in [-0.2, 0) is 17.0 Å². The molecule has 1 aromatic rings. The fourth-order valence-corrected chi connectivity index (χ4v) is 3.47. The van der Waals surface area contributed by atoms with E-state index in [-0.39, 0.29) is 11.2 Å². The Morgan fingerprint density at radius 2 is 2.00 bits per heavy atom. The molecule has 2 heterocycles. The molecule has 0 spiro atoms. The third kappa shape index (κ3) is 3.38. The van der Waals surface area contributed by atoms with Crippen molar-refractivity contribution in [2.24, 2.45) is 0 Å². The highest BCUT2D eigenvalue weighted by atomic mass is 32.2. The van der Waals surface area contributed by atoms with Crippen LogP contribution in [0.4, 0.5) is 18.3 Å². The van der Waals surface area contributed by atoms with Gasteiger partial charge in [-0.05, 0) is 12.8 Å². The average molecular weight is 285 g/mol. The molecule has 0 amide bonds. The van der Waals surface area contributed by atoms with Gasteiger partial charge in [0.15, 0.2) is 0 Å². The van der Waals surface area contributed by atoms with Gasteiger partial charge in [0.1, 0.15) is 0 Å². The summed E-state index contributed by atoms with van der Waals surface area (Å²) in [5.41, 5.74) is 0. The summed E-state index contributed by atoms with van der Waals surface area (Å²) in [6, 6.07) is 0.0433. The zero-order valence-corrected chi connectivity index (χ0v) is 10.3. The second-order valence-corrected chi connectivity index (χ2v) is 6.14. The molecule has 96 valence electrons. The van der Waals surface area contributed by atoms with Crippen molar-refractivity contribution < 1.29 is 17.4 Å². The lowest BCUT2D eigenvalue weighted by atomic mass is 10.2. The fraction of sp³-hybridized carbons (Fsp3) is 0.750. The number of nitrogens with one attached hydrogen (secondary N) is 1. The lowest BCUT2D eigenvalue weighted by molar-refractivity contribution is -0.144. The molecular formula is C8H10F3N3OS2. The second kappa shape index (κ2) is 4.89. The van der Waals surface area contributed by atoms with Crippen molar-refractivity contribution in [3.8, 4) is 0 Å². The lowest BCUT2D eigenvalue weighted by Crippen LogP contribution is -2.29. The summed E-state index contributed by atoms with van der Waals surface area (Å²) < 4.78 is 51.1. The standard InChI is InChI=1S/C8H10F3N3OS2/c9-8(10,11)6-13-7(16-14-6)12-5-1-3-17(15)4-2-5/h5H,1-4H2,(H,12,13,14). The van der Waals surface area contributed by atoms with Crippen LogP contribution in [0.1, 0.15) is 18.7 Å². The smallest absolute Gasteiger partial charge is 0.357 e. The predicted octanol–water partition coefficient (Wildman–Crippen LogP) is 1.88. The average Bonchev–Trinajstić information content (AvgIpc) is 2.69. The molecule has 1 aliphatic heterocycles. The Hall–Kier alpha value is -0.700. The van der Waals surface area contributed by atoms with Gasteiger partial charge in [0, 0.05) is 39.9 Å². The van der Waals surface area contributed by atoms with Crippen molar-refractivity contribution in [3.05, 3.63) is 5.82 Å². The maximum atomic E-state index is 12.2. The topological polar surface area (TPSA) is 54.9 Å². The Morgan fingerprint density at radius 3 is 2.53 bits per heavy atom. The van der Waals surface area contributed by atoms with Gasteiger partial charge in [-0.1, -0.05) is 0 Å². The molecule has 2 rings (SSSR count). The molecule has 0 atom stereocenters. The molecule has 0 radical (unpaired) electrons. The van der Waals surface area contributed by atoms with Crippen molar-refractivity contribution in [2.45, 2.75) is 25.1 Å². The minimum absolute atomic E-state index is 0.0433. The normalized spacial score (nSPS) is 25.8. The Kier molecular flexibility index (Phi) is 3.67. The molecule has 17 heavy (non-hydrogen) atoms. The highest BCUT2D eigenvalue weighted by Gasteiger charge is 2.36. The number of halogens is 3. The van der Waals surface area contributed by atoms with E-state index in [1.165, 1.54) is 0 Å². The molecule has 4 nitrogen and oxygen atoms in total. The first-order valence-corrected chi connectivity index (χ1v) is 7.24. The molecule has 0 aliphatic carbocycles. The number of rotatable bonds is 2. The molecular weight excluding hydrogens is 275 g/mol. The maximum Gasteiger partial charge on any atom is 0.452 e. The van der Waals surface area contributed by atoms with Gasteiger partial charge in [0.2, 0.25) is 11.0 Å². The van der Waals surface area contributed by atoms with Gasteiger partial charge < -0.3 is 5.32 Å². The van der Waals surface area contributed by atoms with E-state index in [4.69, 9.17) is 0 Å². The third-order valence-electron chi connectivity index (χ3n) is 2.40. The number of hydrogen-bond acceptors (Lipinski definition) is 5. The number of anilines is 1. The molecule has 0 bridgehead atoms. The second-order valence-electron chi connectivity index (χ2n) is 3.69. The van der Waals surface area contributed by atoms with Gasteiger partial charge in [-0.2, -0.15) is 22.5 Å². The highest BCUT2D eigenvalue weighted by Crippen LogP contribution is 2.29. The molecule has 1 aliphatic rings.